The van der Waals surface area contributed by atoms with Crippen molar-refractivity contribution in [3.8, 4) is 0 Å². The van der Waals surface area contributed by atoms with E-state index in [0.29, 0.717) is 33.3 Å². The zero-order valence-electron chi connectivity index (χ0n) is 20.7. The van der Waals surface area contributed by atoms with Crippen molar-refractivity contribution in [3.05, 3.63) is 63.6 Å². The van der Waals surface area contributed by atoms with E-state index in [-0.39, 0.29) is 18.5 Å². The molecule has 0 heterocycles. The monoisotopic (exact) mass is 541 g/mol. The van der Waals surface area contributed by atoms with Crippen LogP contribution in [0.1, 0.15) is 44.7 Å². The molecule has 2 rings (SSSR count). The fourth-order valence-corrected chi connectivity index (χ4v) is 4.99. The number of carbonyl (C=O) groups excluding carboxylic acids is 2. The van der Waals surface area contributed by atoms with E-state index >= 15 is 0 Å². The SMILES string of the molecule is CC[C@@H](C)NC(=O)[C@@H](CC)N(Cc1ccccc1Cl)C(=O)CN(c1ccc(Cl)cc1C)S(C)(=O)=O. The van der Waals surface area contributed by atoms with Crippen molar-refractivity contribution in [1.29, 1.82) is 0 Å². The molecule has 2 atom stereocenters. The highest BCUT2D eigenvalue weighted by molar-refractivity contribution is 7.92. The molecule has 2 aromatic rings. The van der Waals surface area contributed by atoms with Crippen LogP contribution in [0.25, 0.3) is 0 Å². The number of anilines is 1. The van der Waals surface area contributed by atoms with E-state index in [1.54, 1.807) is 49.4 Å². The summed E-state index contributed by atoms with van der Waals surface area (Å²) in [6, 6.07) is 11.0. The van der Waals surface area contributed by atoms with Crippen LogP contribution in [-0.2, 0) is 26.2 Å². The summed E-state index contributed by atoms with van der Waals surface area (Å²) in [6.45, 7) is 6.96. The third-order valence-corrected chi connectivity index (χ3v) is 7.52. The van der Waals surface area contributed by atoms with Gasteiger partial charge in [-0.15, -0.1) is 0 Å². The average molecular weight is 543 g/mol. The van der Waals surface area contributed by atoms with Gasteiger partial charge >= 0.3 is 0 Å². The van der Waals surface area contributed by atoms with Gasteiger partial charge in [-0.3, -0.25) is 13.9 Å². The quantitative estimate of drug-likeness (QED) is 0.443. The zero-order valence-corrected chi connectivity index (χ0v) is 23.0. The Morgan fingerprint density at radius 1 is 1.06 bits per heavy atom. The van der Waals surface area contributed by atoms with Gasteiger partial charge in [0.15, 0.2) is 0 Å². The first kappa shape index (κ1) is 28.9. The lowest BCUT2D eigenvalue weighted by molar-refractivity contribution is -0.140. The topological polar surface area (TPSA) is 86.8 Å². The molecule has 10 heteroatoms. The number of rotatable bonds is 11. The summed E-state index contributed by atoms with van der Waals surface area (Å²) < 4.78 is 26.5. The van der Waals surface area contributed by atoms with Gasteiger partial charge in [0.1, 0.15) is 12.6 Å². The summed E-state index contributed by atoms with van der Waals surface area (Å²) in [5.41, 5.74) is 1.61. The van der Waals surface area contributed by atoms with E-state index in [1.807, 2.05) is 20.8 Å². The molecule has 0 aliphatic rings. The molecule has 2 aromatic carbocycles. The van der Waals surface area contributed by atoms with Gasteiger partial charge in [0.05, 0.1) is 11.9 Å². The Morgan fingerprint density at radius 3 is 2.26 bits per heavy atom. The van der Waals surface area contributed by atoms with Gasteiger partial charge in [0.25, 0.3) is 0 Å². The van der Waals surface area contributed by atoms with E-state index in [1.165, 1.54) is 4.90 Å². The second kappa shape index (κ2) is 12.6. The van der Waals surface area contributed by atoms with Gasteiger partial charge in [0, 0.05) is 22.6 Å². The Morgan fingerprint density at radius 2 is 1.71 bits per heavy atom. The van der Waals surface area contributed by atoms with E-state index in [0.717, 1.165) is 17.0 Å². The maximum atomic E-state index is 13.7. The number of hydrogen-bond donors (Lipinski definition) is 1. The number of amides is 2. The van der Waals surface area contributed by atoms with Crippen LogP contribution in [-0.4, -0.2) is 50.0 Å². The largest absolute Gasteiger partial charge is 0.352 e. The number of halogens is 2. The fraction of sp³-hybridized carbons (Fsp3) is 0.440. The van der Waals surface area contributed by atoms with E-state index < -0.39 is 28.5 Å². The molecule has 0 saturated carbocycles. The summed E-state index contributed by atoms with van der Waals surface area (Å²) >= 11 is 12.4. The molecule has 0 spiro atoms. The summed E-state index contributed by atoms with van der Waals surface area (Å²) in [5.74, 6) is -0.813. The molecule has 192 valence electrons. The maximum Gasteiger partial charge on any atom is 0.244 e. The second-order valence-electron chi connectivity index (χ2n) is 8.56. The fourth-order valence-electron chi connectivity index (χ4n) is 3.66. The number of hydrogen-bond acceptors (Lipinski definition) is 4. The number of nitrogens with zero attached hydrogens (tertiary/aromatic N) is 2. The first-order valence-electron chi connectivity index (χ1n) is 11.5. The predicted molar refractivity (Wildman–Crippen MR) is 142 cm³/mol. The lowest BCUT2D eigenvalue weighted by atomic mass is 10.1. The molecule has 0 aromatic heterocycles. The highest BCUT2D eigenvalue weighted by Gasteiger charge is 2.32. The molecule has 7 nitrogen and oxygen atoms in total. The van der Waals surface area contributed by atoms with Gasteiger partial charge in [-0.05, 0) is 62.1 Å². The number of benzene rings is 2. The van der Waals surface area contributed by atoms with Gasteiger partial charge in [-0.2, -0.15) is 0 Å². The molecule has 0 fully saturated rings. The third-order valence-electron chi connectivity index (χ3n) is 5.79. The molecule has 0 bridgehead atoms. The Hall–Kier alpha value is -2.29. The number of nitrogens with one attached hydrogen (secondary N) is 1. The standard InChI is InChI=1S/C25H33Cl2N3O4S/c1-6-18(4)28-25(32)22(7-2)29(15-19-10-8-9-11-21(19)27)24(31)16-30(35(5,33)34)23-13-12-20(26)14-17(23)3/h8-14,18,22H,6-7,15-16H2,1-5H3,(H,28,32)/t18-,22-/m1/s1. The lowest BCUT2D eigenvalue weighted by Crippen LogP contribution is -2.53. The Labute approximate surface area is 218 Å². The molecule has 0 radical (unpaired) electrons. The normalized spacial score (nSPS) is 13.1. The molecule has 35 heavy (non-hydrogen) atoms. The van der Waals surface area contributed by atoms with Crippen molar-refractivity contribution in [1.82, 2.24) is 10.2 Å². The summed E-state index contributed by atoms with van der Waals surface area (Å²) in [7, 11) is -3.82. The van der Waals surface area contributed by atoms with Crippen LogP contribution in [0.15, 0.2) is 42.5 Å². The van der Waals surface area contributed by atoms with Gasteiger partial charge in [-0.25, -0.2) is 8.42 Å². The van der Waals surface area contributed by atoms with Crippen molar-refractivity contribution in [2.45, 2.75) is 59.2 Å². The van der Waals surface area contributed by atoms with Crippen molar-refractivity contribution in [2.24, 2.45) is 0 Å². The molecule has 0 unspecified atom stereocenters. The van der Waals surface area contributed by atoms with Crippen LogP contribution in [0, 0.1) is 6.92 Å². The van der Waals surface area contributed by atoms with Crippen LogP contribution in [0.4, 0.5) is 5.69 Å². The molecule has 0 aliphatic carbocycles. The zero-order chi connectivity index (χ0) is 26.3. The number of carbonyl (C=O) groups is 2. The van der Waals surface area contributed by atoms with Crippen molar-refractivity contribution in [3.63, 3.8) is 0 Å². The van der Waals surface area contributed by atoms with Crippen LogP contribution < -0.4 is 9.62 Å². The van der Waals surface area contributed by atoms with Gasteiger partial charge < -0.3 is 10.2 Å². The molecular formula is C25H33Cl2N3O4S. The van der Waals surface area contributed by atoms with Crippen molar-refractivity contribution < 1.29 is 18.0 Å². The molecule has 1 N–H and O–H groups in total. The van der Waals surface area contributed by atoms with E-state index in [9.17, 15) is 18.0 Å². The minimum atomic E-state index is -3.82. The van der Waals surface area contributed by atoms with Crippen LogP contribution >= 0.6 is 23.2 Å². The molecule has 0 saturated heterocycles. The number of aryl methyl sites for hydroxylation is 1. The van der Waals surface area contributed by atoms with Crippen molar-refractivity contribution in [2.75, 3.05) is 17.1 Å². The van der Waals surface area contributed by atoms with Crippen LogP contribution in [0.3, 0.4) is 0 Å². The lowest BCUT2D eigenvalue weighted by Gasteiger charge is -2.33. The maximum absolute atomic E-state index is 13.7. The number of sulfonamides is 1. The minimum absolute atomic E-state index is 0.0577. The molecular weight excluding hydrogens is 509 g/mol. The van der Waals surface area contributed by atoms with Crippen molar-refractivity contribution >= 4 is 50.7 Å². The Kier molecular flexibility index (Phi) is 10.4. The minimum Gasteiger partial charge on any atom is -0.352 e. The Bertz CT molecular complexity index is 1160. The molecule has 2 amide bonds. The predicted octanol–water partition coefficient (Wildman–Crippen LogP) is 4.79. The highest BCUT2D eigenvalue weighted by Crippen LogP contribution is 2.27. The van der Waals surface area contributed by atoms with Gasteiger partial charge in [0.2, 0.25) is 21.8 Å². The third kappa shape index (κ3) is 7.85. The smallest absolute Gasteiger partial charge is 0.244 e. The second-order valence-corrected chi connectivity index (χ2v) is 11.3. The van der Waals surface area contributed by atoms with Crippen LogP contribution in [0.2, 0.25) is 10.0 Å². The van der Waals surface area contributed by atoms with E-state index in [4.69, 9.17) is 23.2 Å². The van der Waals surface area contributed by atoms with Gasteiger partial charge in [-0.1, -0.05) is 55.2 Å². The molecule has 0 aliphatic heterocycles. The Balaban J connectivity index is 2.49. The first-order chi connectivity index (χ1) is 16.4. The van der Waals surface area contributed by atoms with E-state index in [2.05, 4.69) is 5.32 Å². The highest BCUT2D eigenvalue weighted by atomic mass is 35.5. The summed E-state index contributed by atoms with van der Waals surface area (Å²) in [4.78, 5) is 28.2. The average Bonchev–Trinajstić information content (AvgIpc) is 2.78. The summed E-state index contributed by atoms with van der Waals surface area (Å²) in [5, 5.41) is 3.85. The van der Waals surface area contributed by atoms with Crippen LogP contribution in [0.5, 0.6) is 0 Å². The first-order valence-corrected chi connectivity index (χ1v) is 14.1. The summed E-state index contributed by atoms with van der Waals surface area (Å²) in [6.07, 6.45) is 2.12.